The van der Waals surface area contributed by atoms with Crippen LogP contribution >= 0.6 is 15.9 Å². The van der Waals surface area contributed by atoms with Crippen LogP contribution in [0.2, 0.25) is 0 Å². The number of benzene rings is 2. The van der Waals surface area contributed by atoms with Crippen molar-refractivity contribution in [2.24, 2.45) is 0 Å². The molecule has 0 aliphatic carbocycles. The SMILES string of the molecule is Cc1cc(Br)cc(C(=O)c2c[nH]c3ccc(F)cc23)c1. The van der Waals surface area contributed by atoms with Crippen LogP contribution in [0, 0.1) is 12.7 Å². The largest absolute Gasteiger partial charge is 0.360 e. The fourth-order valence-corrected chi connectivity index (χ4v) is 2.91. The summed E-state index contributed by atoms with van der Waals surface area (Å²) < 4.78 is 14.2. The van der Waals surface area contributed by atoms with Crippen molar-refractivity contribution in [3.63, 3.8) is 0 Å². The first-order valence-corrected chi connectivity index (χ1v) is 6.92. The molecule has 100 valence electrons. The minimum absolute atomic E-state index is 0.119. The number of aromatic nitrogens is 1. The van der Waals surface area contributed by atoms with Crippen molar-refractivity contribution < 1.29 is 9.18 Å². The Morgan fingerprint density at radius 3 is 2.75 bits per heavy atom. The molecule has 0 bridgehead atoms. The molecule has 2 nitrogen and oxygen atoms in total. The van der Waals surface area contributed by atoms with Crippen LogP contribution in [0.5, 0.6) is 0 Å². The van der Waals surface area contributed by atoms with Crippen molar-refractivity contribution >= 4 is 32.6 Å². The third kappa shape index (κ3) is 2.27. The van der Waals surface area contributed by atoms with Crippen LogP contribution in [-0.4, -0.2) is 10.8 Å². The fraction of sp³-hybridized carbons (Fsp3) is 0.0625. The third-order valence-corrected chi connectivity index (χ3v) is 3.65. The first-order chi connectivity index (χ1) is 9.54. The molecular weight excluding hydrogens is 321 g/mol. The Bertz CT molecular complexity index is 802. The van der Waals surface area contributed by atoms with Crippen LogP contribution in [0.15, 0.2) is 47.1 Å². The van der Waals surface area contributed by atoms with Gasteiger partial charge < -0.3 is 4.98 Å². The second kappa shape index (κ2) is 4.87. The van der Waals surface area contributed by atoms with Gasteiger partial charge in [0, 0.05) is 32.7 Å². The molecule has 0 spiro atoms. The van der Waals surface area contributed by atoms with E-state index in [4.69, 9.17) is 0 Å². The van der Waals surface area contributed by atoms with Gasteiger partial charge in [-0.15, -0.1) is 0 Å². The van der Waals surface area contributed by atoms with Crippen LogP contribution < -0.4 is 0 Å². The first-order valence-electron chi connectivity index (χ1n) is 6.13. The number of H-pyrrole nitrogens is 1. The van der Waals surface area contributed by atoms with E-state index in [1.54, 1.807) is 18.3 Å². The molecule has 3 aromatic rings. The minimum Gasteiger partial charge on any atom is -0.360 e. The van der Waals surface area contributed by atoms with Crippen molar-refractivity contribution in [3.05, 3.63) is 69.6 Å². The molecule has 0 radical (unpaired) electrons. The van der Waals surface area contributed by atoms with Crippen molar-refractivity contribution in [3.8, 4) is 0 Å². The zero-order chi connectivity index (χ0) is 14.3. The zero-order valence-electron chi connectivity index (χ0n) is 10.7. The second-order valence-electron chi connectivity index (χ2n) is 4.74. The molecule has 0 saturated heterocycles. The molecule has 0 fully saturated rings. The van der Waals surface area contributed by atoms with E-state index in [9.17, 15) is 9.18 Å². The minimum atomic E-state index is -0.350. The van der Waals surface area contributed by atoms with Crippen molar-refractivity contribution in [1.29, 1.82) is 0 Å². The molecule has 4 heteroatoms. The number of hydrogen-bond donors (Lipinski definition) is 1. The van der Waals surface area contributed by atoms with Gasteiger partial charge in [-0.1, -0.05) is 15.9 Å². The van der Waals surface area contributed by atoms with Gasteiger partial charge in [0.2, 0.25) is 0 Å². The van der Waals surface area contributed by atoms with Gasteiger partial charge in [0.15, 0.2) is 5.78 Å². The monoisotopic (exact) mass is 331 g/mol. The third-order valence-electron chi connectivity index (χ3n) is 3.19. The average molecular weight is 332 g/mol. The lowest BCUT2D eigenvalue weighted by molar-refractivity contribution is 0.104. The van der Waals surface area contributed by atoms with E-state index in [2.05, 4.69) is 20.9 Å². The average Bonchev–Trinajstić information content (AvgIpc) is 2.79. The number of aromatic amines is 1. The number of nitrogens with one attached hydrogen (secondary N) is 1. The van der Waals surface area contributed by atoms with E-state index in [1.807, 2.05) is 19.1 Å². The van der Waals surface area contributed by atoms with Crippen LogP contribution in [0.4, 0.5) is 4.39 Å². The van der Waals surface area contributed by atoms with Gasteiger partial charge in [-0.25, -0.2) is 4.39 Å². The van der Waals surface area contributed by atoms with Gasteiger partial charge in [-0.2, -0.15) is 0 Å². The number of ketones is 1. The summed E-state index contributed by atoms with van der Waals surface area (Å²) in [5.41, 5.74) is 2.81. The Hall–Kier alpha value is -1.94. The quantitative estimate of drug-likeness (QED) is 0.683. The lowest BCUT2D eigenvalue weighted by atomic mass is 10.0. The first kappa shape index (κ1) is 13.1. The summed E-state index contributed by atoms with van der Waals surface area (Å²) in [6, 6.07) is 9.91. The maximum absolute atomic E-state index is 13.4. The second-order valence-corrected chi connectivity index (χ2v) is 5.65. The highest BCUT2D eigenvalue weighted by Crippen LogP contribution is 2.24. The van der Waals surface area contributed by atoms with Gasteiger partial charge >= 0.3 is 0 Å². The van der Waals surface area contributed by atoms with Gasteiger partial charge in [0.25, 0.3) is 0 Å². The molecule has 0 saturated carbocycles. The van der Waals surface area contributed by atoms with Gasteiger partial charge in [0.1, 0.15) is 5.82 Å². The summed E-state index contributed by atoms with van der Waals surface area (Å²) in [5, 5.41) is 0.604. The predicted octanol–water partition coefficient (Wildman–Crippen LogP) is 4.61. The number of carbonyl (C=O) groups excluding carboxylic acids is 1. The number of fused-ring (bicyclic) bond motifs is 1. The Balaban J connectivity index is 2.15. The molecule has 0 aliphatic rings. The Morgan fingerprint density at radius 1 is 1.20 bits per heavy atom. The van der Waals surface area contributed by atoms with Crippen molar-refractivity contribution in [2.75, 3.05) is 0 Å². The smallest absolute Gasteiger partial charge is 0.195 e. The fourth-order valence-electron chi connectivity index (χ4n) is 2.30. The maximum Gasteiger partial charge on any atom is 0.195 e. The van der Waals surface area contributed by atoms with E-state index >= 15 is 0 Å². The molecule has 0 aliphatic heterocycles. The number of carbonyl (C=O) groups is 1. The number of rotatable bonds is 2. The predicted molar refractivity (Wildman–Crippen MR) is 80.6 cm³/mol. The highest BCUT2D eigenvalue weighted by atomic mass is 79.9. The lowest BCUT2D eigenvalue weighted by Gasteiger charge is -2.03. The molecule has 0 unspecified atom stereocenters. The van der Waals surface area contributed by atoms with E-state index in [-0.39, 0.29) is 11.6 Å². The van der Waals surface area contributed by atoms with Gasteiger partial charge in [-0.05, 0) is 48.9 Å². The molecule has 3 rings (SSSR count). The standard InChI is InChI=1S/C16H11BrFNO/c1-9-4-10(6-11(17)5-9)16(20)14-8-19-15-3-2-12(18)7-13(14)15/h2-8,19H,1H3. The number of halogens is 2. The van der Waals surface area contributed by atoms with Crippen LogP contribution in [-0.2, 0) is 0 Å². The van der Waals surface area contributed by atoms with Crippen LogP contribution in [0.25, 0.3) is 10.9 Å². The summed E-state index contributed by atoms with van der Waals surface area (Å²) in [6.45, 7) is 1.93. The van der Waals surface area contributed by atoms with Crippen molar-refractivity contribution in [1.82, 2.24) is 4.98 Å². The Labute approximate surface area is 123 Å². The summed E-state index contributed by atoms with van der Waals surface area (Å²) >= 11 is 3.39. The van der Waals surface area contributed by atoms with Gasteiger partial charge in [0.05, 0.1) is 0 Å². The Morgan fingerprint density at radius 2 is 2.00 bits per heavy atom. The van der Waals surface area contributed by atoms with Gasteiger partial charge in [-0.3, -0.25) is 4.79 Å². The van der Waals surface area contributed by atoms with Crippen LogP contribution in [0.1, 0.15) is 21.5 Å². The molecule has 1 N–H and O–H groups in total. The molecule has 1 heterocycles. The highest BCUT2D eigenvalue weighted by Gasteiger charge is 2.15. The highest BCUT2D eigenvalue weighted by molar-refractivity contribution is 9.10. The van der Waals surface area contributed by atoms with E-state index < -0.39 is 0 Å². The van der Waals surface area contributed by atoms with Crippen LogP contribution in [0.3, 0.4) is 0 Å². The maximum atomic E-state index is 13.4. The number of aryl methyl sites for hydroxylation is 1. The Kier molecular flexibility index (Phi) is 3.18. The zero-order valence-corrected chi connectivity index (χ0v) is 12.3. The number of hydrogen-bond acceptors (Lipinski definition) is 1. The topological polar surface area (TPSA) is 32.9 Å². The molecule has 0 atom stereocenters. The molecule has 0 amide bonds. The molecular formula is C16H11BrFNO. The van der Waals surface area contributed by atoms with Crippen molar-refractivity contribution in [2.45, 2.75) is 6.92 Å². The lowest BCUT2D eigenvalue weighted by Crippen LogP contribution is -2.01. The molecule has 2 aromatic carbocycles. The summed E-state index contributed by atoms with van der Waals surface area (Å²) in [5.74, 6) is -0.470. The summed E-state index contributed by atoms with van der Waals surface area (Å²) in [4.78, 5) is 15.6. The normalized spacial score (nSPS) is 10.9. The van der Waals surface area contributed by atoms with E-state index in [0.29, 0.717) is 16.5 Å². The molecule has 20 heavy (non-hydrogen) atoms. The molecule has 1 aromatic heterocycles. The summed E-state index contributed by atoms with van der Waals surface area (Å²) in [7, 11) is 0. The van der Waals surface area contributed by atoms with E-state index in [0.717, 1.165) is 15.6 Å². The summed E-state index contributed by atoms with van der Waals surface area (Å²) in [6.07, 6.45) is 1.63. The van der Waals surface area contributed by atoms with E-state index in [1.165, 1.54) is 12.1 Å².